The number of hydrogen-bond acceptors (Lipinski definition) is 4. The smallest absolute Gasteiger partial charge is 0.243 e. The average molecular weight is 409 g/mol. The van der Waals surface area contributed by atoms with Gasteiger partial charge in [-0.15, -0.1) is 12.4 Å². The van der Waals surface area contributed by atoms with Crippen molar-refractivity contribution in [3.05, 3.63) is 59.7 Å². The minimum absolute atomic E-state index is 0. The van der Waals surface area contributed by atoms with Gasteiger partial charge < -0.3 is 10.5 Å². The van der Waals surface area contributed by atoms with Crippen molar-refractivity contribution in [1.82, 2.24) is 4.31 Å². The highest BCUT2D eigenvalue weighted by Gasteiger charge is 2.39. The maximum absolute atomic E-state index is 13.2. The lowest BCUT2D eigenvalue weighted by molar-refractivity contribution is 0.288. The Balaban J connectivity index is 0.00000210. The Morgan fingerprint density at radius 1 is 1.11 bits per heavy atom. The van der Waals surface area contributed by atoms with Gasteiger partial charge in [-0.25, -0.2) is 8.42 Å². The van der Waals surface area contributed by atoms with Gasteiger partial charge in [0.1, 0.15) is 5.75 Å². The Morgan fingerprint density at radius 3 is 2.63 bits per heavy atom. The van der Waals surface area contributed by atoms with E-state index in [4.69, 9.17) is 10.5 Å². The largest absolute Gasteiger partial charge is 0.493 e. The summed E-state index contributed by atoms with van der Waals surface area (Å²) in [6, 6.07) is 15.3. The molecule has 2 aromatic rings. The van der Waals surface area contributed by atoms with Crippen molar-refractivity contribution in [2.45, 2.75) is 23.7 Å². The van der Waals surface area contributed by atoms with Crippen LogP contribution >= 0.6 is 12.4 Å². The average Bonchev–Trinajstić information content (AvgIpc) is 3.13. The highest BCUT2D eigenvalue weighted by Crippen LogP contribution is 2.36. The molecule has 2 N–H and O–H groups in total. The number of aryl methyl sites for hydroxylation is 1. The second kappa shape index (κ2) is 8.19. The zero-order chi connectivity index (χ0) is 18.1. The molecule has 0 unspecified atom stereocenters. The van der Waals surface area contributed by atoms with Crippen LogP contribution < -0.4 is 10.5 Å². The van der Waals surface area contributed by atoms with Gasteiger partial charge in [0.05, 0.1) is 11.5 Å². The number of fused-ring (bicyclic) bond motifs is 1. The van der Waals surface area contributed by atoms with Crippen LogP contribution in [0.25, 0.3) is 0 Å². The molecule has 0 saturated carbocycles. The van der Waals surface area contributed by atoms with E-state index in [1.807, 2.05) is 18.2 Å². The second-order valence-corrected chi connectivity index (χ2v) is 8.99. The number of ether oxygens (including phenoxy) is 1. The van der Waals surface area contributed by atoms with Gasteiger partial charge in [-0.2, -0.15) is 4.31 Å². The van der Waals surface area contributed by atoms with Crippen LogP contribution in [-0.2, 0) is 16.4 Å². The molecule has 27 heavy (non-hydrogen) atoms. The Hall–Kier alpha value is -1.60. The van der Waals surface area contributed by atoms with E-state index in [9.17, 15) is 8.42 Å². The number of nitrogens with two attached hydrogens (primary N) is 1. The van der Waals surface area contributed by atoms with E-state index < -0.39 is 10.0 Å². The van der Waals surface area contributed by atoms with Gasteiger partial charge in [0.25, 0.3) is 0 Å². The zero-order valence-corrected chi connectivity index (χ0v) is 16.7. The van der Waals surface area contributed by atoms with Gasteiger partial charge in [0, 0.05) is 19.0 Å². The number of sulfonamides is 1. The molecule has 2 aliphatic rings. The number of hydrogen-bond donors (Lipinski definition) is 1. The van der Waals surface area contributed by atoms with Crippen LogP contribution in [0.2, 0.25) is 0 Å². The van der Waals surface area contributed by atoms with Crippen molar-refractivity contribution >= 4 is 22.4 Å². The van der Waals surface area contributed by atoms with Gasteiger partial charge in [-0.05, 0) is 54.6 Å². The standard InChI is InChI=1S/C20H24N2O3S.ClH/c21-12-17-13-22(14-19(17)15-5-2-1-3-6-15)26(23,24)18-8-9-20-16(11-18)7-4-10-25-20;/h1-3,5-6,8-9,11,17,19H,4,7,10,12-14,21H2;1H/t17-,19+;/m1./s1. The Labute approximate surface area is 167 Å². The SMILES string of the molecule is Cl.NC[C@@H]1CN(S(=O)(=O)c2ccc3c(c2)CCCO3)C[C@H]1c1ccccc1. The molecule has 7 heteroatoms. The summed E-state index contributed by atoms with van der Waals surface area (Å²) in [6.07, 6.45) is 1.78. The third kappa shape index (κ3) is 3.85. The van der Waals surface area contributed by atoms with Crippen molar-refractivity contribution in [2.75, 3.05) is 26.2 Å². The second-order valence-electron chi connectivity index (χ2n) is 7.06. The molecule has 1 saturated heterocycles. The first-order chi connectivity index (χ1) is 12.6. The molecule has 0 bridgehead atoms. The minimum atomic E-state index is -3.53. The highest BCUT2D eigenvalue weighted by molar-refractivity contribution is 7.89. The van der Waals surface area contributed by atoms with Crippen molar-refractivity contribution < 1.29 is 13.2 Å². The maximum Gasteiger partial charge on any atom is 0.243 e. The third-order valence-corrected chi connectivity index (χ3v) is 7.28. The van der Waals surface area contributed by atoms with Crippen LogP contribution in [0.5, 0.6) is 5.75 Å². The molecular weight excluding hydrogens is 384 g/mol. The summed E-state index contributed by atoms with van der Waals surface area (Å²) >= 11 is 0. The van der Waals surface area contributed by atoms with E-state index in [2.05, 4.69) is 12.1 Å². The number of halogens is 1. The molecular formula is C20H25ClN2O3S. The first-order valence-electron chi connectivity index (χ1n) is 9.10. The van der Waals surface area contributed by atoms with Crippen LogP contribution in [-0.4, -0.2) is 39.0 Å². The molecule has 0 aliphatic carbocycles. The van der Waals surface area contributed by atoms with Gasteiger partial charge in [-0.1, -0.05) is 30.3 Å². The van der Waals surface area contributed by atoms with Crippen molar-refractivity contribution in [2.24, 2.45) is 11.7 Å². The predicted octanol–water partition coefficient (Wildman–Crippen LogP) is 2.80. The fourth-order valence-electron chi connectivity index (χ4n) is 3.99. The summed E-state index contributed by atoms with van der Waals surface area (Å²) in [5, 5.41) is 0. The van der Waals surface area contributed by atoms with E-state index in [1.165, 1.54) is 0 Å². The summed E-state index contributed by atoms with van der Waals surface area (Å²) < 4.78 is 33.6. The Kier molecular flexibility index (Phi) is 6.11. The summed E-state index contributed by atoms with van der Waals surface area (Å²) in [4.78, 5) is 0.353. The Bertz CT molecular complexity index is 889. The van der Waals surface area contributed by atoms with Crippen LogP contribution in [0, 0.1) is 5.92 Å². The summed E-state index contributed by atoms with van der Waals surface area (Å²) in [5.41, 5.74) is 8.09. The van der Waals surface area contributed by atoms with Crippen molar-refractivity contribution in [1.29, 1.82) is 0 Å². The van der Waals surface area contributed by atoms with Gasteiger partial charge in [0.2, 0.25) is 10.0 Å². The zero-order valence-electron chi connectivity index (χ0n) is 15.1. The first kappa shape index (κ1) is 20.1. The quantitative estimate of drug-likeness (QED) is 0.844. The van der Waals surface area contributed by atoms with E-state index in [1.54, 1.807) is 22.5 Å². The molecule has 0 spiro atoms. The van der Waals surface area contributed by atoms with Crippen LogP contribution in [0.1, 0.15) is 23.5 Å². The normalized spacial score (nSPS) is 22.6. The summed E-state index contributed by atoms with van der Waals surface area (Å²) in [7, 11) is -3.53. The maximum atomic E-state index is 13.2. The predicted molar refractivity (Wildman–Crippen MR) is 108 cm³/mol. The van der Waals surface area contributed by atoms with E-state index in [0.717, 1.165) is 29.7 Å². The van der Waals surface area contributed by atoms with E-state index in [0.29, 0.717) is 31.1 Å². The lowest BCUT2D eigenvalue weighted by atomic mass is 9.89. The van der Waals surface area contributed by atoms with Gasteiger partial charge >= 0.3 is 0 Å². The number of benzene rings is 2. The molecule has 1 fully saturated rings. The third-order valence-electron chi connectivity index (χ3n) is 5.46. The number of rotatable bonds is 4. The van der Waals surface area contributed by atoms with Crippen molar-refractivity contribution in [3.63, 3.8) is 0 Å². The van der Waals surface area contributed by atoms with Crippen molar-refractivity contribution in [3.8, 4) is 5.75 Å². The molecule has 2 atom stereocenters. The lowest BCUT2D eigenvalue weighted by Crippen LogP contribution is -2.30. The minimum Gasteiger partial charge on any atom is -0.493 e. The molecule has 2 aromatic carbocycles. The monoisotopic (exact) mass is 408 g/mol. The molecule has 2 aliphatic heterocycles. The molecule has 4 rings (SSSR count). The number of nitrogens with zero attached hydrogens (tertiary/aromatic N) is 1. The lowest BCUT2D eigenvalue weighted by Gasteiger charge is -2.20. The molecule has 0 aromatic heterocycles. The first-order valence-corrected chi connectivity index (χ1v) is 10.5. The molecule has 2 heterocycles. The molecule has 0 amide bonds. The fraction of sp³-hybridized carbons (Fsp3) is 0.400. The van der Waals surface area contributed by atoms with Crippen LogP contribution in [0.3, 0.4) is 0 Å². The summed E-state index contributed by atoms with van der Waals surface area (Å²) in [5.74, 6) is 1.07. The van der Waals surface area contributed by atoms with Crippen LogP contribution in [0.4, 0.5) is 0 Å². The molecule has 5 nitrogen and oxygen atoms in total. The van der Waals surface area contributed by atoms with Crippen LogP contribution in [0.15, 0.2) is 53.4 Å². The van der Waals surface area contributed by atoms with Gasteiger partial charge in [-0.3, -0.25) is 0 Å². The van der Waals surface area contributed by atoms with E-state index >= 15 is 0 Å². The Morgan fingerprint density at radius 2 is 1.89 bits per heavy atom. The van der Waals surface area contributed by atoms with E-state index in [-0.39, 0.29) is 24.2 Å². The fourth-order valence-corrected chi connectivity index (χ4v) is 5.56. The molecule has 0 radical (unpaired) electrons. The molecule has 146 valence electrons. The highest BCUT2D eigenvalue weighted by atomic mass is 35.5. The summed E-state index contributed by atoms with van der Waals surface area (Å²) in [6.45, 7) is 2.11. The topological polar surface area (TPSA) is 72.6 Å². The van der Waals surface area contributed by atoms with Gasteiger partial charge in [0.15, 0.2) is 0 Å².